The molecule has 2 rings (SSSR count). The Labute approximate surface area is 107 Å². The summed E-state index contributed by atoms with van der Waals surface area (Å²) in [7, 11) is 0. The fraction of sp³-hybridized carbons (Fsp3) is 0.538. The highest BCUT2D eigenvalue weighted by Crippen LogP contribution is 2.18. The van der Waals surface area contributed by atoms with Crippen molar-refractivity contribution in [3.8, 4) is 0 Å². The van der Waals surface area contributed by atoms with Crippen LogP contribution in [0.4, 0.5) is 8.78 Å². The van der Waals surface area contributed by atoms with Gasteiger partial charge in [-0.2, -0.15) is 0 Å². The van der Waals surface area contributed by atoms with Gasteiger partial charge in [0, 0.05) is 6.07 Å². The Bertz CT molecular complexity index is 331. The van der Waals surface area contributed by atoms with E-state index in [-0.39, 0.29) is 12.4 Å². The molecule has 1 aliphatic heterocycles. The first-order chi connectivity index (χ1) is 7.74. The molecule has 1 aromatic rings. The summed E-state index contributed by atoms with van der Waals surface area (Å²) in [6.45, 7) is 2.14. The Hall–Kier alpha value is -0.670. The number of nitrogens with one attached hydrogen (secondary N) is 1. The van der Waals surface area contributed by atoms with Crippen molar-refractivity contribution < 1.29 is 8.78 Å². The zero-order chi connectivity index (χ0) is 11.4. The maximum absolute atomic E-state index is 12.9. The van der Waals surface area contributed by atoms with Crippen molar-refractivity contribution in [1.29, 1.82) is 0 Å². The standard InChI is InChI=1S/C13H17F2N.ClH/c14-12-6-11(7-13(15)8-12)4-3-10-2-1-5-16-9-10;/h6-8,10,16H,1-5,9H2;1H. The van der Waals surface area contributed by atoms with Crippen LogP contribution in [0.25, 0.3) is 0 Å². The fourth-order valence-electron chi connectivity index (χ4n) is 2.30. The summed E-state index contributed by atoms with van der Waals surface area (Å²) < 4.78 is 25.9. The molecule has 1 N–H and O–H groups in total. The minimum Gasteiger partial charge on any atom is -0.316 e. The second-order valence-corrected chi connectivity index (χ2v) is 4.53. The van der Waals surface area contributed by atoms with Crippen molar-refractivity contribution in [2.24, 2.45) is 5.92 Å². The number of benzene rings is 1. The van der Waals surface area contributed by atoms with Gasteiger partial charge in [0.15, 0.2) is 0 Å². The van der Waals surface area contributed by atoms with Crippen LogP contribution in [0, 0.1) is 17.6 Å². The van der Waals surface area contributed by atoms with Crippen LogP contribution in [-0.2, 0) is 6.42 Å². The summed E-state index contributed by atoms with van der Waals surface area (Å²) in [6, 6.07) is 3.78. The van der Waals surface area contributed by atoms with Gasteiger partial charge < -0.3 is 5.32 Å². The summed E-state index contributed by atoms with van der Waals surface area (Å²) in [6.07, 6.45) is 4.21. The molecule has 0 radical (unpaired) electrons. The van der Waals surface area contributed by atoms with Crippen LogP contribution in [0.2, 0.25) is 0 Å². The Balaban J connectivity index is 0.00000144. The molecule has 1 aromatic carbocycles. The van der Waals surface area contributed by atoms with Crippen LogP contribution >= 0.6 is 12.4 Å². The van der Waals surface area contributed by atoms with Crippen molar-refractivity contribution in [3.05, 3.63) is 35.4 Å². The number of piperidine rings is 1. The molecule has 1 aliphatic rings. The highest BCUT2D eigenvalue weighted by molar-refractivity contribution is 5.85. The van der Waals surface area contributed by atoms with E-state index in [1.807, 2.05) is 0 Å². The normalized spacial score (nSPS) is 19.8. The smallest absolute Gasteiger partial charge is 0.126 e. The first-order valence-corrected chi connectivity index (χ1v) is 5.90. The van der Waals surface area contributed by atoms with Crippen molar-refractivity contribution in [1.82, 2.24) is 5.32 Å². The van der Waals surface area contributed by atoms with Gasteiger partial charge in [0.1, 0.15) is 11.6 Å². The molecule has 1 saturated heterocycles. The van der Waals surface area contributed by atoms with Gasteiger partial charge in [0.2, 0.25) is 0 Å². The SMILES string of the molecule is Cl.Fc1cc(F)cc(CCC2CCCNC2)c1. The number of hydrogen-bond acceptors (Lipinski definition) is 1. The molecule has 17 heavy (non-hydrogen) atoms. The van der Waals surface area contributed by atoms with E-state index in [2.05, 4.69) is 5.32 Å². The van der Waals surface area contributed by atoms with Gasteiger partial charge in [0.05, 0.1) is 0 Å². The first-order valence-electron chi connectivity index (χ1n) is 5.90. The summed E-state index contributed by atoms with van der Waals surface area (Å²) in [4.78, 5) is 0. The summed E-state index contributed by atoms with van der Waals surface area (Å²) in [5.74, 6) is -0.298. The number of aryl methyl sites for hydroxylation is 1. The van der Waals surface area contributed by atoms with Crippen molar-refractivity contribution in [2.45, 2.75) is 25.7 Å². The average Bonchev–Trinajstić information content (AvgIpc) is 2.27. The molecular formula is C13H18ClF2N. The van der Waals surface area contributed by atoms with E-state index in [4.69, 9.17) is 0 Å². The monoisotopic (exact) mass is 261 g/mol. The highest BCUT2D eigenvalue weighted by atomic mass is 35.5. The van der Waals surface area contributed by atoms with Crippen LogP contribution in [0.1, 0.15) is 24.8 Å². The second kappa shape index (κ2) is 6.92. The molecule has 4 heteroatoms. The summed E-state index contributed by atoms with van der Waals surface area (Å²) >= 11 is 0. The van der Waals surface area contributed by atoms with Gasteiger partial charge in [-0.3, -0.25) is 0 Å². The molecule has 1 fully saturated rings. The molecule has 0 bridgehead atoms. The number of rotatable bonds is 3. The molecule has 0 saturated carbocycles. The van der Waals surface area contributed by atoms with Crippen LogP contribution in [-0.4, -0.2) is 13.1 Å². The van der Waals surface area contributed by atoms with Crippen LogP contribution < -0.4 is 5.32 Å². The van der Waals surface area contributed by atoms with E-state index in [9.17, 15) is 8.78 Å². The molecule has 1 atom stereocenters. The van der Waals surface area contributed by atoms with Crippen LogP contribution in [0.5, 0.6) is 0 Å². The molecular weight excluding hydrogens is 244 g/mol. The molecule has 1 unspecified atom stereocenters. The lowest BCUT2D eigenvalue weighted by Gasteiger charge is -2.22. The lowest BCUT2D eigenvalue weighted by molar-refractivity contribution is 0.358. The van der Waals surface area contributed by atoms with Crippen molar-refractivity contribution >= 4 is 12.4 Å². The number of hydrogen-bond donors (Lipinski definition) is 1. The average molecular weight is 262 g/mol. The van der Waals surface area contributed by atoms with Crippen LogP contribution in [0.3, 0.4) is 0 Å². The number of halogens is 3. The Morgan fingerprint density at radius 3 is 2.47 bits per heavy atom. The van der Waals surface area contributed by atoms with Crippen molar-refractivity contribution in [3.63, 3.8) is 0 Å². The van der Waals surface area contributed by atoms with E-state index >= 15 is 0 Å². The third kappa shape index (κ3) is 4.60. The zero-order valence-corrected chi connectivity index (χ0v) is 10.5. The third-order valence-electron chi connectivity index (χ3n) is 3.16. The van der Waals surface area contributed by atoms with Crippen LogP contribution in [0.15, 0.2) is 18.2 Å². The van der Waals surface area contributed by atoms with Gasteiger partial charge in [-0.25, -0.2) is 8.78 Å². The molecule has 0 aliphatic carbocycles. The second-order valence-electron chi connectivity index (χ2n) is 4.53. The summed E-state index contributed by atoms with van der Waals surface area (Å²) in [5, 5.41) is 3.35. The first kappa shape index (κ1) is 14.4. The van der Waals surface area contributed by atoms with Gasteiger partial charge in [0.25, 0.3) is 0 Å². The maximum atomic E-state index is 12.9. The highest BCUT2D eigenvalue weighted by Gasteiger charge is 2.12. The molecule has 0 aromatic heterocycles. The molecule has 1 heterocycles. The molecule has 96 valence electrons. The van der Waals surface area contributed by atoms with E-state index < -0.39 is 11.6 Å². The van der Waals surface area contributed by atoms with Gasteiger partial charge in [-0.1, -0.05) is 0 Å². The Morgan fingerprint density at radius 1 is 1.18 bits per heavy atom. The summed E-state index contributed by atoms with van der Waals surface area (Å²) in [5.41, 5.74) is 0.767. The Kier molecular flexibility index (Phi) is 5.86. The Morgan fingerprint density at radius 2 is 1.88 bits per heavy atom. The largest absolute Gasteiger partial charge is 0.316 e. The topological polar surface area (TPSA) is 12.0 Å². The quantitative estimate of drug-likeness (QED) is 0.880. The van der Waals surface area contributed by atoms with E-state index in [1.165, 1.54) is 25.0 Å². The minimum absolute atomic E-state index is 0. The lowest BCUT2D eigenvalue weighted by atomic mass is 9.93. The molecule has 1 nitrogen and oxygen atoms in total. The maximum Gasteiger partial charge on any atom is 0.126 e. The third-order valence-corrected chi connectivity index (χ3v) is 3.16. The lowest BCUT2D eigenvalue weighted by Crippen LogP contribution is -2.29. The van der Waals surface area contributed by atoms with Gasteiger partial charge >= 0.3 is 0 Å². The molecule has 0 amide bonds. The predicted molar refractivity (Wildman–Crippen MR) is 67.5 cm³/mol. The zero-order valence-electron chi connectivity index (χ0n) is 9.72. The predicted octanol–water partition coefficient (Wildman–Crippen LogP) is 3.32. The van der Waals surface area contributed by atoms with Gasteiger partial charge in [-0.15, -0.1) is 12.4 Å². The molecule has 0 spiro atoms. The fourth-order valence-corrected chi connectivity index (χ4v) is 2.30. The van der Waals surface area contributed by atoms with E-state index in [0.29, 0.717) is 5.92 Å². The van der Waals surface area contributed by atoms with Gasteiger partial charge in [-0.05, 0) is 62.4 Å². The van der Waals surface area contributed by atoms with Crippen molar-refractivity contribution in [2.75, 3.05) is 13.1 Å². The minimum atomic E-state index is -0.475. The van der Waals surface area contributed by atoms with E-state index in [0.717, 1.165) is 37.6 Å². The van der Waals surface area contributed by atoms with E-state index in [1.54, 1.807) is 0 Å².